The Kier molecular flexibility index (Phi) is 3.61. The van der Waals surface area contributed by atoms with Crippen LogP contribution in [-0.4, -0.2) is 58.8 Å². The molecule has 7 nitrogen and oxygen atoms in total. The van der Waals surface area contributed by atoms with Gasteiger partial charge in [0, 0.05) is 0 Å². The van der Waals surface area contributed by atoms with E-state index in [1.807, 2.05) is 0 Å². The largest absolute Gasteiger partial charge is 0.479 e. The SMILES string of the molecule is CC1(C)O[C@@H]([C@H]2COC(C)(C)O2)[C@@H]([C@H](O)C(=O)O)O1. The zero-order valence-corrected chi connectivity index (χ0v) is 11.5. The maximum atomic E-state index is 10.9. The summed E-state index contributed by atoms with van der Waals surface area (Å²) in [6, 6.07) is 0. The van der Waals surface area contributed by atoms with E-state index in [9.17, 15) is 9.90 Å². The topological polar surface area (TPSA) is 94.5 Å². The van der Waals surface area contributed by atoms with Crippen molar-refractivity contribution in [1.82, 2.24) is 0 Å². The third-order valence-corrected chi connectivity index (χ3v) is 3.12. The highest BCUT2D eigenvalue weighted by Gasteiger charge is 2.53. The molecule has 0 saturated carbocycles. The van der Waals surface area contributed by atoms with Gasteiger partial charge in [-0.2, -0.15) is 0 Å². The van der Waals surface area contributed by atoms with E-state index in [1.54, 1.807) is 27.7 Å². The summed E-state index contributed by atoms with van der Waals surface area (Å²) in [5.41, 5.74) is 0. The lowest BCUT2D eigenvalue weighted by Gasteiger charge is -2.24. The van der Waals surface area contributed by atoms with Gasteiger partial charge in [0.2, 0.25) is 0 Å². The second kappa shape index (κ2) is 4.68. The summed E-state index contributed by atoms with van der Waals surface area (Å²) in [5.74, 6) is -3.07. The molecule has 2 aliphatic heterocycles. The molecule has 4 atom stereocenters. The number of ether oxygens (including phenoxy) is 4. The predicted molar refractivity (Wildman–Crippen MR) is 62.4 cm³/mol. The normalized spacial score (nSPS) is 38.3. The molecule has 2 N–H and O–H groups in total. The number of aliphatic carboxylic acids is 1. The number of aliphatic hydroxyl groups is 1. The lowest BCUT2D eigenvalue weighted by Crippen LogP contribution is -2.46. The Balaban J connectivity index is 2.15. The Hall–Kier alpha value is -0.730. The highest BCUT2D eigenvalue weighted by molar-refractivity contribution is 5.73. The van der Waals surface area contributed by atoms with E-state index in [1.165, 1.54) is 0 Å². The van der Waals surface area contributed by atoms with Gasteiger partial charge in [-0.05, 0) is 27.7 Å². The molecular formula is C12H20O7. The summed E-state index contributed by atoms with van der Waals surface area (Å²) in [6.07, 6.45) is -3.83. The third kappa shape index (κ3) is 3.06. The van der Waals surface area contributed by atoms with Crippen LogP contribution in [0.25, 0.3) is 0 Å². The summed E-state index contributed by atoms with van der Waals surface area (Å²) in [4.78, 5) is 10.9. The zero-order valence-electron chi connectivity index (χ0n) is 11.5. The second-order valence-electron chi connectivity index (χ2n) is 5.71. The van der Waals surface area contributed by atoms with Gasteiger partial charge >= 0.3 is 5.97 Å². The van der Waals surface area contributed by atoms with Crippen molar-refractivity contribution in [2.45, 2.75) is 63.7 Å². The molecule has 7 heteroatoms. The average molecular weight is 276 g/mol. The summed E-state index contributed by atoms with van der Waals surface area (Å²) in [6.45, 7) is 7.11. The number of carboxylic acid groups (broad SMARTS) is 1. The van der Waals surface area contributed by atoms with E-state index in [2.05, 4.69) is 0 Å². The van der Waals surface area contributed by atoms with Crippen LogP contribution in [0.2, 0.25) is 0 Å². The fourth-order valence-corrected chi connectivity index (χ4v) is 2.37. The number of hydrogen-bond acceptors (Lipinski definition) is 6. The van der Waals surface area contributed by atoms with Gasteiger partial charge in [0.1, 0.15) is 18.3 Å². The van der Waals surface area contributed by atoms with Crippen LogP contribution in [0.3, 0.4) is 0 Å². The minimum Gasteiger partial charge on any atom is -0.479 e. The van der Waals surface area contributed by atoms with E-state index < -0.39 is 42.0 Å². The number of carbonyl (C=O) groups is 1. The summed E-state index contributed by atoms with van der Waals surface area (Å²) >= 11 is 0. The van der Waals surface area contributed by atoms with Crippen LogP contribution in [0.4, 0.5) is 0 Å². The lowest BCUT2D eigenvalue weighted by molar-refractivity contribution is -0.176. The Bertz CT molecular complexity index is 365. The molecule has 0 radical (unpaired) electrons. The molecule has 19 heavy (non-hydrogen) atoms. The molecule has 2 fully saturated rings. The summed E-state index contributed by atoms with van der Waals surface area (Å²) in [5, 5.41) is 18.6. The molecule has 0 aliphatic carbocycles. The molecule has 2 saturated heterocycles. The molecular weight excluding hydrogens is 256 g/mol. The molecule has 2 heterocycles. The fraction of sp³-hybridized carbons (Fsp3) is 0.917. The minimum absolute atomic E-state index is 0.264. The van der Waals surface area contributed by atoms with E-state index in [0.29, 0.717) is 0 Å². The third-order valence-electron chi connectivity index (χ3n) is 3.12. The van der Waals surface area contributed by atoms with Crippen LogP contribution in [0.15, 0.2) is 0 Å². The van der Waals surface area contributed by atoms with Gasteiger partial charge in [-0.1, -0.05) is 0 Å². The van der Waals surface area contributed by atoms with Gasteiger partial charge in [0.15, 0.2) is 17.7 Å². The van der Waals surface area contributed by atoms with Crippen LogP contribution in [-0.2, 0) is 23.7 Å². The Morgan fingerprint density at radius 1 is 1.16 bits per heavy atom. The van der Waals surface area contributed by atoms with Crippen LogP contribution in [0.5, 0.6) is 0 Å². The molecule has 0 bridgehead atoms. The minimum atomic E-state index is -1.67. The number of carboxylic acids is 1. The second-order valence-corrected chi connectivity index (χ2v) is 5.71. The first-order valence-corrected chi connectivity index (χ1v) is 6.20. The van der Waals surface area contributed by atoms with Crippen LogP contribution in [0.1, 0.15) is 27.7 Å². The first-order chi connectivity index (χ1) is 8.61. The van der Waals surface area contributed by atoms with E-state index in [0.717, 1.165) is 0 Å². The highest BCUT2D eigenvalue weighted by atomic mass is 16.8. The standard InChI is InChI=1S/C12H20O7/c1-11(2)16-5-6(17-11)8-9(7(13)10(14)15)19-12(3,4)18-8/h6-9,13H,5H2,1-4H3,(H,14,15)/t6-,7+,8+,9-/m1/s1. The van der Waals surface area contributed by atoms with E-state index >= 15 is 0 Å². The molecule has 0 aromatic rings. The maximum absolute atomic E-state index is 10.9. The van der Waals surface area contributed by atoms with Crippen molar-refractivity contribution in [3.8, 4) is 0 Å². The van der Waals surface area contributed by atoms with Gasteiger partial charge < -0.3 is 29.2 Å². The van der Waals surface area contributed by atoms with Crippen molar-refractivity contribution in [3.63, 3.8) is 0 Å². The van der Waals surface area contributed by atoms with Crippen molar-refractivity contribution in [2.75, 3.05) is 6.61 Å². The van der Waals surface area contributed by atoms with Crippen molar-refractivity contribution >= 4 is 5.97 Å². The summed E-state index contributed by atoms with van der Waals surface area (Å²) < 4.78 is 22.2. The Morgan fingerprint density at radius 3 is 2.26 bits per heavy atom. The molecule has 0 amide bonds. The van der Waals surface area contributed by atoms with E-state index in [4.69, 9.17) is 24.1 Å². The summed E-state index contributed by atoms with van der Waals surface area (Å²) in [7, 11) is 0. The fourth-order valence-electron chi connectivity index (χ4n) is 2.37. The monoisotopic (exact) mass is 276 g/mol. The number of rotatable bonds is 3. The Labute approximate surface area is 111 Å². The van der Waals surface area contributed by atoms with Crippen LogP contribution < -0.4 is 0 Å². The first kappa shape index (κ1) is 14.7. The molecule has 0 spiro atoms. The Morgan fingerprint density at radius 2 is 1.79 bits per heavy atom. The molecule has 0 aromatic heterocycles. The molecule has 0 aromatic carbocycles. The van der Waals surface area contributed by atoms with Crippen LogP contribution in [0, 0.1) is 0 Å². The maximum Gasteiger partial charge on any atom is 0.335 e. The van der Waals surface area contributed by atoms with Crippen molar-refractivity contribution in [3.05, 3.63) is 0 Å². The molecule has 2 aliphatic rings. The lowest BCUT2D eigenvalue weighted by atomic mass is 10.0. The van der Waals surface area contributed by atoms with Crippen molar-refractivity contribution in [2.24, 2.45) is 0 Å². The smallest absolute Gasteiger partial charge is 0.335 e. The number of aliphatic hydroxyl groups excluding tert-OH is 1. The van der Waals surface area contributed by atoms with Gasteiger partial charge in [-0.15, -0.1) is 0 Å². The van der Waals surface area contributed by atoms with E-state index in [-0.39, 0.29) is 6.61 Å². The molecule has 110 valence electrons. The first-order valence-electron chi connectivity index (χ1n) is 6.20. The average Bonchev–Trinajstić information content (AvgIpc) is 2.77. The highest BCUT2D eigenvalue weighted by Crippen LogP contribution is 2.36. The van der Waals surface area contributed by atoms with Gasteiger partial charge in [0.25, 0.3) is 0 Å². The number of hydrogen-bond donors (Lipinski definition) is 2. The zero-order chi connectivity index (χ0) is 14.4. The predicted octanol–water partition coefficient (Wildman–Crippen LogP) is 0.103. The molecule has 2 rings (SSSR count). The van der Waals surface area contributed by atoms with Gasteiger partial charge in [-0.25, -0.2) is 4.79 Å². The van der Waals surface area contributed by atoms with Gasteiger partial charge in [0.05, 0.1) is 6.61 Å². The van der Waals surface area contributed by atoms with Crippen molar-refractivity contribution < 1.29 is 34.0 Å². The van der Waals surface area contributed by atoms with Crippen LogP contribution >= 0.6 is 0 Å². The van der Waals surface area contributed by atoms with Crippen molar-refractivity contribution in [1.29, 1.82) is 0 Å². The quantitative estimate of drug-likeness (QED) is 0.755. The van der Waals surface area contributed by atoms with Gasteiger partial charge in [-0.3, -0.25) is 0 Å². The molecule has 0 unspecified atom stereocenters.